The fourth-order valence-electron chi connectivity index (χ4n) is 2.66. The van der Waals surface area contributed by atoms with Gasteiger partial charge in [-0.25, -0.2) is 4.99 Å². The molecule has 1 amide bonds. The third-order valence-corrected chi connectivity index (χ3v) is 4.34. The number of hydrogen-bond acceptors (Lipinski definition) is 4. The Bertz CT molecular complexity index is 796. The van der Waals surface area contributed by atoms with Gasteiger partial charge in [0.25, 0.3) is 5.91 Å². The molecule has 1 unspecified atom stereocenters. The van der Waals surface area contributed by atoms with Crippen molar-refractivity contribution in [3.05, 3.63) is 65.7 Å². The molecule has 2 rings (SSSR count). The number of aliphatic hydroxyl groups is 1. The number of rotatable bonds is 9. The zero-order valence-electron chi connectivity index (χ0n) is 17.6. The van der Waals surface area contributed by atoms with E-state index in [4.69, 9.17) is 4.74 Å². The number of hydrogen-bond donors (Lipinski definition) is 4. The number of carbonyl (C=O) groups excluding carboxylic acids is 1. The molecule has 1 atom stereocenters. The monoisotopic (exact) mass is 526 g/mol. The molecule has 2 aromatic carbocycles. The average Bonchev–Trinajstić information content (AvgIpc) is 2.75. The summed E-state index contributed by atoms with van der Waals surface area (Å²) in [6.07, 6.45) is 0. The van der Waals surface area contributed by atoms with Crippen LogP contribution in [-0.2, 0) is 5.60 Å². The molecule has 7 nitrogen and oxygen atoms in total. The molecule has 8 heteroatoms. The van der Waals surface area contributed by atoms with Crippen LogP contribution in [0.2, 0.25) is 0 Å². The van der Waals surface area contributed by atoms with Crippen LogP contribution >= 0.6 is 24.0 Å². The number of nitrogens with zero attached hydrogens (tertiary/aromatic N) is 1. The molecule has 0 spiro atoms. The number of nitrogens with one attached hydrogen (secondary N) is 3. The van der Waals surface area contributed by atoms with Gasteiger partial charge in [0, 0.05) is 25.2 Å². The minimum atomic E-state index is -1.06. The van der Waals surface area contributed by atoms with Crippen LogP contribution in [0, 0.1) is 0 Å². The van der Waals surface area contributed by atoms with E-state index in [1.165, 1.54) is 0 Å². The molecule has 0 radical (unpaired) electrons. The van der Waals surface area contributed by atoms with Crippen LogP contribution in [0.1, 0.15) is 29.8 Å². The summed E-state index contributed by atoms with van der Waals surface area (Å²) in [4.78, 5) is 16.6. The largest absolute Gasteiger partial charge is 0.497 e. The van der Waals surface area contributed by atoms with Crippen molar-refractivity contribution < 1.29 is 14.6 Å². The summed E-state index contributed by atoms with van der Waals surface area (Å²) in [6.45, 7) is 5.55. The van der Waals surface area contributed by atoms with E-state index >= 15 is 0 Å². The summed E-state index contributed by atoms with van der Waals surface area (Å²) in [5, 5.41) is 19.8. The summed E-state index contributed by atoms with van der Waals surface area (Å²) in [6, 6.07) is 16.4. The lowest BCUT2D eigenvalue weighted by atomic mass is 9.96. The van der Waals surface area contributed by atoms with Crippen LogP contribution in [0.3, 0.4) is 0 Å². The van der Waals surface area contributed by atoms with Crippen LogP contribution in [-0.4, -0.2) is 50.3 Å². The Morgan fingerprint density at radius 3 is 2.27 bits per heavy atom. The van der Waals surface area contributed by atoms with Crippen molar-refractivity contribution in [2.45, 2.75) is 19.4 Å². The SMILES string of the molecule is CCNC(=NCC(C)(O)c1ccccc1)NCCNC(=O)c1ccc(OC)cc1.I. The van der Waals surface area contributed by atoms with Gasteiger partial charge >= 0.3 is 0 Å². The Balaban J connectivity index is 0.00000450. The smallest absolute Gasteiger partial charge is 0.251 e. The van der Waals surface area contributed by atoms with Gasteiger partial charge in [-0.3, -0.25) is 4.79 Å². The van der Waals surface area contributed by atoms with Crippen LogP contribution in [0.25, 0.3) is 0 Å². The Morgan fingerprint density at radius 1 is 1.03 bits per heavy atom. The average molecular weight is 526 g/mol. The molecule has 0 bridgehead atoms. The number of benzene rings is 2. The predicted octanol–water partition coefficient (Wildman–Crippen LogP) is 2.51. The Hall–Kier alpha value is -2.33. The minimum Gasteiger partial charge on any atom is -0.497 e. The zero-order chi connectivity index (χ0) is 21.1. The fraction of sp³-hybridized carbons (Fsp3) is 0.364. The van der Waals surface area contributed by atoms with E-state index in [1.807, 2.05) is 37.3 Å². The number of carbonyl (C=O) groups is 1. The minimum absolute atomic E-state index is 0. The van der Waals surface area contributed by atoms with Gasteiger partial charge in [0.05, 0.1) is 13.7 Å². The van der Waals surface area contributed by atoms with E-state index < -0.39 is 5.60 Å². The first-order valence-corrected chi connectivity index (χ1v) is 9.68. The highest BCUT2D eigenvalue weighted by atomic mass is 127. The maximum Gasteiger partial charge on any atom is 0.251 e. The second kappa shape index (κ2) is 13.1. The van der Waals surface area contributed by atoms with Crippen LogP contribution in [0.5, 0.6) is 5.75 Å². The number of ether oxygens (including phenoxy) is 1. The molecule has 164 valence electrons. The van der Waals surface area contributed by atoms with Crippen molar-refractivity contribution in [1.82, 2.24) is 16.0 Å². The first-order valence-electron chi connectivity index (χ1n) is 9.68. The molecule has 0 heterocycles. The summed E-state index contributed by atoms with van der Waals surface area (Å²) >= 11 is 0. The van der Waals surface area contributed by atoms with Gasteiger partial charge in [-0.05, 0) is 43.7 Å². The van der Waals surface area contributed by atoms with E-state index in [0.717, 1.165) is 5.56 Å². The molecule has 0 saturated carbocycles. The zero-order valence-corrected chi connectivity index (χ0v) is 20.0. The third kappa shape index (κ3) is 8.19. The Morgan fingerprint density at radius 2 is 1.67 bits per heavy atom. The topological polar surface area (TPSA) is 95.0 Å². The number of halogens is 1. The summed E-state index contributed by atoms with van der Waals surface area (Å²) in [5.74, 6) is 1.15. The number of aliphatic imine (C=N–C) groups is 1. The van der Waals surface area contributed by atoms with Gasteiger partial charge in [-0.2, -0.15) is 0 Å². The first kappa shape index (κ1) is 25.7. The quantitative estimate of drug-likeness (QED) is 0.174. The first-order chi connectivity index (χ1) is 14.0. The lowest BCUT2D eigenvalue weighted by Gasteiger charge is -2.22. The van der Waals surface area contributed by atoms with Crippen LogP contribution in [0.15, 0.2) is 59.6 Å². The molecule has 2 aromatic rings. The summed E-state index contributed by atoms with van der Waals surface area (Å²) < 4.78 is 5.09. The van der Waals surface area contributed by atoms with Crippen LogP contribution in [0.4, 0.5) is 0 Å². The van der Waals surface area contributed by atoms with E-state index in [-0.39, 0.29) is 36.4 Å². The lowest BCUT2D eigenvalue weighted by Crippen LogP contribution is -2.42. The van der Waals surface area contributed by atoms with Crippen LogP contribution < -0.4 is 20.7 Å². The van der Waals surface area contributed by atoms with Crippen molar-refractivity contribution in [2.24, 2.45) is 4.99 Å². The lowest BCUT2D eigenvalue weighted by molar-refractivity contribution is 0.0672. The van der Waals surface area contributed by atoms with Crippen molar-refractivity contribution in [3.8, 4) is 5.75 Å². The van der Waals surface area contributed by atoms with Gasteiger partial charge in [0.1, 0.15) is 11.4 Å². The second-order valence-electron chi connectivity index (χ2n) is 6.75. The fourth-order valence-corrected chi connectivity index (χ4v) is 2.66. The van der Waals surface area contributed by atoms with Crippen molar-refractivity contribution in [3.63, 3.8) is 0 Å². The Kier molecular flexibility index (Phi) is 11.2. The second-order valence-corrected chi connectivity index (χ2v) is 6.75. The van der Waals surface area contributed by atoms with E-state index in [1.54, 1.807) is 38.3 Å². The molecule has 0 aromatic heterocycles. The molecule has 0 aliphatic heterocycles. The molecular weight excluding hydrogens is 495 g/mol. The highest BCUT2D eigenvalue weighted by Crippen LogP contribution is 2.20. The normalized spacial score (nSPS) is 12.9. The molecule has 4 N–H and O–H groups in total. The van der Waals surface area contributed by atoms with E-state index in [2.05, 4.69) is 20.9 Å². The highest BCUT2D eigenvalue weighted by molar-refractivity contribution is 14.0. The van der Waals surface area contributed by atoms with E-state index in [9.17, 15) is 9.90 Å². The maximum atomic E-state index is 12.2. The molecular formula is C22H31IN4O3. The number of methoxy groups -OCH3 is 1. The van der Waals surface area contributed by atoms with Crippen molar-refractivity contribution in [1.29, 1.82) is 0 Å². The third-order valence-electron chi connectivity index (χ3n) is 4.34. The summed E-state index contributed by atoms with van der Waals surface area (Å²) in [7, 11) is 1.59. The molecule has 0 aliphatic carbocycles. The van der Waals surface area contributed by atoms with Gasteiger partial charge in [0.2, 0.25) is 0 Å². The molecule has 0 saturated heterocycles. The van der Waals surface area contributed by atoms with E-state index in [0.29, 0.717) is 36.9 Å². The number of amides is 1. The van der Waals surface area contributed by atoms with Crippen molar-refractivity contribution in [2.75, 3.05) is 33.3 Å². The Labute approximate surface area is 195 Å². The molecule has 0 aliphatic rings. The van der Waals surface area contributed by atoms with Gasteiger partial charge in [-0.15, -0.1) is 24.0 Å². The molecule has 0 fully saturated rings. The van der Waals surface area contributed by atoms with Gasteiger partial charge < -0.3 is 25.8 Å². The predicted molar refractivity (Wildman–Crippen MR) is 131 cm³/mol. The van der Waals surface area contributed by atoms with Gasteiger partial charge in [0.15, 0.2) is 5.96 Å². The molecule has 30 heavy (non-hydrogen) atoms. The standard InChI is InChI=1S/C22H30N4O3.HI/c1-4-23-21(26-16-22(2,28)18-8-6-5-7-9-18)25-15-14-24-20(27)17-10-12-19(29-3)13-11-17;/h5-13,28H,4,14-16H2,1-3H3,(H,24,27)(H2,23,25,26);1H. The number of guanidine groups is 1. The van der Waals surface area contributed by atoms with Gasteiger partial charge in [-0.1, -0.05) is 30.3 Å². The highest BCUT2D eigenvalue weighted by Gasteiger charge is 2.22. The van der Waals surface area contributed by atoms with Crippen molar-refractivity contribution >= 4 is 35.8 Å². The maximum absolute atomic E-state index is 12.2. The summed E-state index contributed by atoms with van der Waals surface area (Å²) in [5.41, 5.74) is 0.322.